The molecule has 2 N–H and O–H groups in total. The summed E-state index contributed by atoms with van der Waals surface area (Å²) in [4.78, 5) is 16.4. The van der Waals surface area contributed by atoms with Crippen LogP contribution in [0.2, 0.25) is 0 Å². The molecule has 108 valence electrons. The fourth-order valence-electron chi connectivity index (χ4n) is 2.01. The summed E-state index contributed by atoms with van der Waals surface area (Å²) in [6, 6.07) is 7.23. The lowest BCUT2D eigenvalue weighted by Gasteiger charge is -2.11. The lowest BCUT2D eigenvalue weighted by atomic mass is 10.1. The molecule has 0 saturated heterocycles. The molecule has 1 heterocycles. The summed E-state index contributed by atoms with van der Waals surface area (Å²) in [6.07, 6.45) is 0.101. The molecule has 1 amide bonds. The predicted octanol–water partition coefficient (Wildman–Crippen LogP) is 2.00. The van der Waals surface area contributed by atoms with E-state index in [4.69, 9.17) is 4.74 Å². The number of benzene rings is 1. The van der Waals surface area contributed by atoms with Crippen LogP contribution < -0.4 is 15.4 Å². The molecule has 0 aromatic heterocycles. The third kappa shape index (κ3) is 3.50. The van der Waals surface area contributed by atoms with Crippen molar-refractivity contribution in [2.24, 2.45) is 4.99 Å². The second-order valence-corrected chi connectivity index (χ2v) is 5.41. The van der Waals surface area contributed by atoms with Crippen LogP contribution >= 0.6 is 0 Å². The van der Waals surface area contributed by atoms with Crippen LogP contribution in [0.5, 0.6) is 5.75 Å². The Morgan fingerprint density at radius 3 is 2.70 bits per heavy atom. The topological polar surface area (TPSA) is 62.7 Å². The van der Waals surface area contributed by atoms with Gasteiger partial charge in [0.2, 0.25) is 0 Å². The summed E-state index contributed by atoms with van der Waals surface area (Å²) in [5, 5.41) is 5.86. The second-order valence-electron chi connectivity index (χ2n) is 5.41. The molecule has 0 radical (unpaired) electrons. The van der Waals surface area contributed by atoms with Crippen LogP contribution in [0, 0.1) is 0 Å². The van der Waals surface area contributed by atoms with Gasteiger partial charge in [0.15, 0.2) is 12.0 Å². The van der Waals surface area contributed by atoms with Crippen molar-refractivity contribution in [2.75, 3.05) is 0 Å². The smallest absolute Gasteiger partial charge is 0.256 e. The molecular weight excluding hydrogens is 254 g/mol. The van der Waals surface area contributed by atoms with Crippen LogP contribution in [0.1, 0.15) is 39.3 Å². The Balaban J connectivity index is 2.18. The average Bonchev–Trinajstić information content (AvgIpc) is 2.68. The molecule has 1 aliphatic heterocycles. The Labute approximate surface area is 119 Å². The lowest BCUT2D eigenvalue weighted by molar-refractivity contribution is -0.120. The number of amides is 1. The molecule has 1 unspecified atom stereocenters. The van der Waals surface area contributed by atoms with Crippen molar-refractivity contribution in [3.63, 3.8) is 0 Å². The predicted molar refractivity (Wildman–Crippen MR) is 78.8 cm³/mol. The first-order chi connectivity index (χ1) is 9.45. The Bertz CT molecular complexity index is 524. The lowest BCUT2D eigenvalue weighted by Crippen LogP contribution is -2.40. The number of rotatable bonds is 4. The van der Waals surface area contributed by atoms with Gasteiger partial charge >= 0.3 is 0 Å². The number of nitrogens with one attached hydrogen (secondary N) is 2. The number of nitrogens with zero attached hydrogens (tertiary/aromatic N) is 1. The first kappa shape index (κ1) is 14.4. The minimum atomic E-state index is -0.507. The van der Waals surface area contributed by atoms with Crippen LogP contribution in [-0.4, -0.2) is 24.0 Å². The zero-order chi connectivity index (χ0) is 14.7. The van der Waals surface area contributed by atoms with Crippen LogP contribution in [0.15, 0.2) is 29.3 Å². The van der Waals surface area contributed by atoms with Gasteiger partial charge in [0, 0.05) is 6.04 Å². The van der Waals surface area contributed by atoms with Crippen molar-refractivity contribution < 1.29 is 9.53 Å². The standard InChI is InChI=1S/C15H21N3O2/c1-9(2)16-15-17-13(14(19)18-15)11-6-5-7-12(8-11)20-10(3)4/h5-10,13H,1-4H3,(H2,16,17,18,19). The van der Waals surface area contributed by atoms with E-state index in [9.17, 15) is 4.79 Å². The van der Waals surface area contributed by atoms with Gasteiger partial charge in [0.05, 0.1) is 6.10 Å². The highest BCUT2D eigenvalue weighted by Crippen LogP contribution is 2.25. The highest BCUT2D eigenvalue weighted by atomic mass is 16.5. The van der Waals surface area contributed by atoms with Gasteiger partial charge in [-0.05, 0) is 45.4 Å². The zero-order valence-electron chi connectivity index (χ0n) is 12.3. The van der Waals surface area contributed by atoms with Crippen LogP contribution in [0.3, 0.4) is 0 Å². The zero-order valence-corrected chi connectivity index (χ0v) is 12.3. The Kier molecular flexibility index (Phi) is 4.27. The number of carbonyl (C=O) groups excluding carboxylic acids is 1. The molecule has 0 spiro atoms. The quantitative estimate of drug-likeness (QED) is 0.883. The molecule has 0 saturated carbocycles. The molecule has 0 aliphatic carbocycles. The number of hydrogen-bond acceptors (Lipinski definition) is 4. The van der Waals surface area contributed by atoms with Gasteiger partial charge in [0.1, 0.15) is 5.75 Å². The number of aliphatic imine (C=N–C) groups is 1. The van der Waals surface area contributed by atoms with Crippen molar-refractivity contribution in [1.29, 1.82) is 0 Å². The average molecular weight is 275 g/mol. The molecule has 5 nitrogen and oxygen atoms in total. The first-order valence-electron chi connectivity index (χ1n) is 6.87. The summed E-state index contributed by atoms with van der Waals surface area (Å²) in [6.45, 7) is 7.94. The SMILES string of the molecule is CC(C)NC1=NC(c2cccc(OC(C)C)c2)C(=O)N1. The van der Waals surface area contributed by atoms with Crippen LogP contribution in [0.25, 0.3) is 0 Å². The Morgan fingerprint density at radius 1 is 1.30 bits per heavy atom. The molecule has 5 heteroatoms. The molecule has 0 bridgehead atoms. The summed E-state index contributed by atoms with van der Waals surface area (Å²) in [7, 11) is 0. The number of hydrogen-bond donors (Lipinski definition) is 2. The fraction of sp³-hybridized carbons (Fsp3) is 0.467. The van der Waals surface area contributed by atoms with Gasteiger partial charge in [-0.1, -0.05) is 12.1 Å². The largest absolute Gasteiger partial charge is 0.491 e. The molecule has 1 aromatic carbocycles. The highest BCUT2D eigenvalue weighted by molar-refractivity contribution is 6.05. The van der Waals surface area contributed by atoms with Gasteiger partial charge in [-0.15, -0.1) is 0 Å². The van der Waals surface area contributed by atoms with Crippen LogP contribution in [0.4, 0.5) is 0 Å². The van der Waals surface area contributed by atoms with E-state index in [2.05, 4.69) is 15.6 Å². The van der Waals surface area contributed by atoms with E-state index >= 15 is 0 Å². The van der Waals surface area contributed by atoms with Crippen molar-refractivity contribution in [3.05, 3.63) is 29.8 Å². The van der Waals surface area contributed by atoms with Gasteiger partial charge in [-0.25, -0.2) is 4.99 Å². The molecule has 1 aliphatic rings. The second kappa shape index (κ2) is 5.94. The minimum Gasteiger partial charge on any atom is -0.491 e. The number of carbonyl (C=O) groups is 1. The summed E-state index contributed by atoms with van der Waals surface area (Å²) >= 11 is 0. The maximum absolute atomic E-state index is 12.0. The van der Waals surface area contributed by atoms with Crippen LogP contribution in [-0.2, 0) is 4.79 Å². The van der Waals surface area contributed by atoms with E-state index in [0.29, 0.717) is 5.96 Å². The van der Waals surface area contributed by atoms with Crippen molar-refractivity contribution in [2.45, 2.75) is 45.9 Å². The van der Waals surface area contributed by atoms with E-state index in [-0.39, 0.29) is 18.1 Å². The normalized spacial score (nSPS) is 18.2. The Hall–Kier alpha value is -2.04. The van der Waals surface area contributed by atoms with E-state index in [1.165, 1.54) is 0 Å². The van der Waals surface area contributed by atoms with Crippen molar-refractivity contribution in [3.8, 4) is 5.75 Å². The van der Waals surface area contributed by atoms with E-state index in [1.54, 1.807) is 0 Å². The van der Waals surface area contributed by atoms with Gasteiger partial charge in [-0.3, -0.25) is 10.1 Å². The summed E-state index contributed by atoms with van der Waals surface area (Å²) < 4.78 is 5.65. The molecular formula is C15H21N3O2. The van der Waals surface area contributed by atoms with Gasteiger partial charge < -0.3 is 10.1 Å². The molecule has 20 heavy (non-hydrogen) atoms. The number of guanidine groups is 1. The van der Waals surface area contributed by atoms with Gasteiger partial charge in [0.25, 0.3) is 5.91 Å². The summed E-state index contributed by atoms with van der Waals surface area (Å²) in [5.74, 6) is 1.17. The maximum Gasteiger partial charge on any atom is 0.256 e. The fourth-order valence-corrected chi connectivity index (χ4v) is 2.01. The minimum absolute atomic E-state index is 0.101. The maximum atomic E-state index is 12.0. The van der Waals surface area contributed by atoms with Crippen molar-refractivity contribution >= 4 is 11.9 Å². The number of ether oxygens (including phenoxy) is 1. The van der Waals surface area contributed by atoms with E-state index < -0.39 is 6.04 Å². The third-order valence-corrected chi connectivity index (χ3v) is 2.72. The highest BCUT2D eigenvalue weighted by Gasteiger charge is 2.28. The first-order valence-corrected chi connectivity index (χ1v) is 6.87. The van der Waals surface area contributed by atoms with E-state index in [1.807, 2.05) is 52.0 Å². The Morgan fingerprint density at radius 2 is 2.05 bits per heavy atom. The molecule has 1 atom stereocenters. The third-order valence-electron chi connectivity index (χ3n) is 2.72. The molecule has 0 fully saturated rings. The molecule has 1 aromatic rings. The van der Waals surface area contributed by atoms with Gasteiger partial charge in [-0.2, -0.15) is 0 Å². The monoisotopic (exact) mass is 275 g/mol. The van der Waals surface area contributed by atoms with Crippen molar-refractivity contribution in [1.82, 2.24) is 10.6 Å². The van der Waals surface area contributed by atoms with E-state index in [0.717, 1.165) is 11.3 Å². The summed E-state index contributed by atoms with van der Waals surface area (Å²) in [5.41, 5.74) is 0.834. The molecule has 2 rings (SSSR count).